The molecule has 0 spiro atoms. The number of aliphatic hydroxyl groups is 1. The summed E-state index contributed by atoms with van der Waals surface area (Å²) in [5.74, 6) is 0.318. The zero-order valence-corrected chi connectivity index (χ0v) is 19.2. The number of aryl methyl sites for hydroxylation is 1. The Balaban J connectivity index is 1.76. The SMILES string of the molecule is C[C@@H]1CN([C@@H](C)CO)C(=O)CCCn2cc(nn2)CO[C@@H]1CN(C)Cc1cccc(O)c1. The molecule has 1 amide bonds. The van der Waals surface area contributed by atoms with Gasteiger partial charge in [-0.05, 0) is 38.1 Å². The third kappa shape index (κ3) is 6.75. The highest BCUT2D eigenvalue weighted by Crippen LogP contribution is 2.19. The molecule has 2 heterocycles. The number of aromatic hydroxyl groups is 1. The summed E-state index contributed by atoms with van der Waals surface area (Å²) in [6, 6.07) is 6.97. The molecule has 176 valence electrons. The van der Waals surface area contributed by atoms with Gasteiger partial charge in [-0.25, -0.2) is 0 Å². The van der Waals surface area contributed by atoms with Gasteiger partial charge in [0.15, 0.2) is 0 Å². The van der Waals surface area contributed by atoms with Gasteiger partial charge in [0.1, 0.15) is 11.4 Å². The number of benzene rings is 1. The van der Waals surface area contributed by atoms with E-state index in [2.05, 4.69) is 22.1 Å². The molecular formula is C23H35N5O4. The second kappa shape index (κ2) is 11.4. The molecule has 2 bridgehead atoms. The van der Waals surface area contributed by atoms with E-state index in [-0.39, 0.29) is 36.3 Å². The molecule has 1 aromatic heterocycles. The van der Waals surface area contributed by atoms with E-state index in [4.69, 9.17) is 4.74 Å². The van der Waals surface area contributed by atoms with Crippen molar-refractivity contribution in [2.75, 3.05) is 26.7 Å². The van der Waals surface area contributed by atoms with Gasteiger partial charge in [-0.2, -0.15) is 0 Å². The van der Waals surface area contributed by atoms with Gasteiger partial charge in [-0.15, -0.1) is 5.10 Å². The average Bonchev–Trinajstić information content (AvgIpc) is 3.21. The maximum Gasteiger partial charge on any atom is 0.222 e. The van der Waals surface area contributed by atoms with Crippen LogP contribution >= 0.6 is 0 Å². The molecule has 1 aliphatic heterocycles. The molecule has 0 unspecified atom stereocenters. The minimum atomic E-state index is -0.252. The second-order valence-corrected chi connectivity index (χ2v) is 8.85. The molecule has 9 heteroatoms. The first kappa shape index (κ1) is 24.2. The van der Waals surface area contributed by atoms with Crippen molar-refractivity contribution >= 4 is 5.91 Å². The molecule has 9 nitrogen and oxygen atoms in total. The Morgan fingerprint density at radius 2 is 2.19 bits per heavy atom. The fourth-order valence-electron chi connectivity index (χ4n) is 4.03. The van der Waals surface area contributed by atoms with Gasteiger partial charge in [0.25, 0.3) is 0 Å². The fraction of sp³-hybridized carbons (Fsp3) is 0.609. The van der Waals surface area contributed by atoms with Crippen LogP contribution in [0.3, 0.4) is 0 Å². The first-order valence-electron chi connectivity index (χ1n) is 11.2. The summed E-state index contributed by atoms with van der Waals surface area (Å²) in [5, 5.41) is 27.8. The first-order valence-corrected chi connectivity index (χ1v) is 11.2. The Bertz CT molecular complexity index is 874. The van der Waals surface area contributed by atoms with Crippen LogP contribution in [0.4, 0.5) is 0 Å². The van der Waals surface area contributed by atoms with E-state index in [1.807, 2.05) is 32.3 Å². The molecule has 1 aromatic carbocycles. The predicted octanol–water partition coefficient (Wildman–Crippen LogP) is 1.64. The number of amides is 1. The Labute approximate surface area is 189 Å². The largest absolute Gasteiger partial charge is 0.508 e. The van der Waals surface area contributed by atoms with Crippen LogP contribution in [0, 0.1) is 5.92 Å². The number of phenolic OH excluding ortho intramolecular Hbond substituents is 1. The highest BCUT2D eigenvalue weighted by atomic mass is 16.5. The molecule has 2 aromatic rings. The molecule has 32 heavy (non-hydrogen) atoms. The maximum atomic E-state index is 12.9. The summed E-state index contributed by atoms with van der Waals surface area (Å²) in [6.07, 6.45) is 2.77. The smallest absolute Gasteiger partial charge is 0.222 e. The topological polar surface area (TPSA) is 104 Å². The Morgan fingerprint density at radius 1 is 1.38 bits per heavy atom. The van der Waals surface area contributed by atoms with Crippen molar-refractivity contribution in [2.45, 2.75) is 58.5 Å². The number of carbonyl (C=O) groups is 1. The van der Waals surface area contributed by atoms with Crippen LogP contribution in [0.5, 0.6) is 5.75 Å². The zero-order valence-electron chi connectivity index (χ0n) is 19.2. The number of likely N-dealkylation sites (N-methyl/N-ethyl adjacent to an activating group) is 1. The lowest BCUT2D eigenvalue weighted by atomic mass is 10.0. The number of rotatable bonds is 6. The van der Waals surface area contributed by atoms with Crippen molar-refractivity contribution < 1.29 is 19.7 Å². The molecule has 0 saturated carbocycles. The average molecular weight is 446 g/mol. The molecule has 2 N–H and O–H groups in total. The maximum absolute atomic E-state index is 12.9. The lowest BCUT2D eigenvalue weighted by Gasteiger charge is -2.35. The van der Waals surface area contributed by atoms with Crippen molar-refractivity contribution in [3.05, 3.63) is 41.7 Å². The van der Waals surface area contributed by atoms with Crippen LogP contribution in [0.25, 0.3) is 0 Å². The minimum absolute atomic E-state index is 0.0323. The fourth-order valence-corrected chi connectivity index (χ4v) is 4.03. The van der Waals surface area contributed by atoms with E-state index in [9.17, 15) is 15.0 Å². The van der Waals surface area contributed by atoms with Crippen LogP contribution in [-0.2, 0) is 29.2 Å². The van der Waals surface area contributed by atoms with Crippen molar-refractivity contribution in [1.29, 1.82) is 0 Å². The summed E-state index contributed by atoms with van der Waals surface area (Å²) in [4.78, 5) is 16.8. The zero-order chi connectivity index (χ0) is 23.1. The van der Waals surface area contributed by atoms with Crippen molar-refractivity contribution in [2.24, 2.45) is 5.92 Å². The number of hydrogen-bond acceptors (Lipinski definition) is 7. The van der Waals surface area contributed by atoms with Gasteiger partial charge in [-0.3, -0.25) is 14.4 Å². The highest BCUT2D eigenvalue weighted by Gasteiger charge is 2.28. The van der Waals surface area contributed by atoms with Crippen molar-refractivity contribution in [1.82, 2.24) is 24.8 Å². The Morgan fingerprint density at radius 3 is 2.94 bits per heavy atom. The number of aromatic nitrogens is 3. The predicted molar refractivity (Wildman–Crippen MR) is 120 cm³/mol. The molecule has 3 atom stereocenters. The number of aliphatic hydroxyl groups excluding tert-OH is 1. The van der Waals surface area contributed by atoms with Gasteiger partial charge in [-0.1, -0.05) is 24.3 Å². The number of fused-ring (bicyclic) bond motifs is 2. The molecular weight excluding hydrogens is 410 g/mol. The van der Waals surface area contributed by atoms with Crippen LogP contribution in [-0.4, -0.2) is 79.8 Å². The van der Waals surface area contributed by atoms with Crippen molar-refractivity contribution in [3.63, 3.8) is 0 Å². The van der Waals surface area contributed by atoms with Gasteiger partial charge in [0.05, 0.1) is 31.6 Å². The molecule has 0 fully saturated rings. The van der Waals surface area contributed by atoms with Crippen LogP contribution in [0.15, 0.2) is 30.5 Å². The summed E-state index contributed by atoms with van der Waals surface area (Å²) in [6.45, 7) is 6.64. The normalized spacial score (nSPS) is 21.7. The number of nitrogens with zero attached hydrogens (tertiary/aromatic N) is 5. The third-order valence-electron chi connectivity index (χ3n) is 5.90. The molecule has 0 aliphatic carbocycles. The quantitative estimate of drug-likeness (QED) is 0.697. The third-order valence-corrected chi connectivity index (χ3v) is 5.90. The van der Waals surface area contributed by atoms with E-state index in [0.717, 1.165) is 11.3 Å². The Hall–Kier alpha value is -2.49. The van der Waals surface area contributed by atoms with Gasteiger partial charge < -0.3 is 19.8 Å². The van der Waals surface area contributed by atoms with Crippen LogP contribution in [0.1, 0.15) is 37.9 Å². The summed E-state index contributed by atoms with van der Waals surface area (Å²) in [5.41, 5.74) is 1.78. The van der Waals surface area contributed by atoms with Crippen molar-refractivity contribution in [3.8, 4) is 5.75 Å². The lowest BCUT2D eigenvalue weighted by Crippen LogP contribution is -2.47. The van der Waals surface area contributed by atoms with Gasteiger partial charge >= 0.3 is 0 Å². The second-order valence-electron chi connectivity index (χ2n) is 8.85. The number of phenols is 1. The molecule has 0 radical (unpaired) electrons. The number of carbonyl (C=O) groups excluding carboxylic acids is 1. The molecule has 1 aliphatic rings. The van der Waals surface area contributed by atoms with Gasteiger partial charge in [0, 0.05) is 38.5 Å². The molecule has 0 saturated heterocycles. The lowest BCUT2D eigenvalue weighted by molar-refractivity contribution is -0.136. The van der Waals surface area contributed by atoms with E-state index in [1.54, 1.807) is 21.7 Å². The summed E-state index contributed by atoms with van der Waals surface area (Å²) < 4.78 is 8.03. The van der Waals surface area contributed by atoms with Gasteiger partial charge in [0.2, 0.25) is 5.91 Å². The van der Waals surface area contributed by atoms with Crippen LogP contribution in [0.2, 0.25) is 0 Å². The van der Waals surface area contributed by atoms with E-state index >= 15 is 0 Å². The minimum Gasteiger partial charge on any atom is -0.508 e. The van der Waals surface area contributed by atoms with E-state index < -0.39 is 0 Å². The Kier molecular flexibility index (Phi) is 8.60. The van der Waals surface area contributed by atoms with Crippen LogP contribution < -0.4 is 0 Å². The van der Waals surface area contributed by atoms with E-state index in [1.165, 1.54) is 0 Å². The number of ether oxygens (including phenoxy) is 1. The molecule has 3 rings (SSSR count). The summed E-state index contributed by atoms with van der Waals surface area (Å²) >= 11 is 0. The first-order chi connectivity index (χ1) is 15.4. The summed E-state index contributed by atoms with van der Waals surface area (Å²) in [7, 11) is 2.01. The standard InChI is InChI=1S/C23H35N5O4/c1-17-11-28(18(2)15-29)23(31)8-5-9-27-13-20(24-25-27)16-32-22(17)14-26(3)12-19-6-4-7-21(30)10-19/h4,6-7,10,13,17-18,22,29-30H,5,8-9,11-12,14-16H2,1-3H3/t17-,18+,22-/m1/s1. The number of hydrogen-bond donors (Lipinski definition) is 2. The highest BCUT2D eigenvalue weighted by molar-refractivity contribution is 5.76. The monoisotopic (exact) mass is 445 g/mol. The van der Waals surface area contributed by atoms with E-state index in [0.29, 0.717) is 45.6 Å².